The van der Waals surface area contributed by atoms with E-state index in [0.717, 1.165) is 6.07 Å². The third kappa shape index (κ3) is 3.25. The van der Waals surface area contributed by atoms with Crippen molar-refractivity contribution in [2.75, 3.05) is 12.8 Å². The van der Waals surface area contributed by atoms with E-state index in [-0.39, 0.29) is 22.0 Å². The van der Waals surface area contributed by atoms with Crippen molar-refractivity contribution in [3.8, 4) is 0 Å². The SMILES string of the molecule is CC(N(C)S(=O)(=O)c1ccc(N)cc1F)C(C)(C)C. The van der Waals surface area contributed by atoms with Crippen LogP contribution < -0.4 is 5.73 Å². The van der Waals surface area contributed by atoms with Crippen molar-refractivity contribution < 1.29 is 12.8 Å². The molecule has 0 aliphatic carbocycles. The molecule has 6 heteroatoms. The van der Waals surface area contributed by atoms with Gasteiger partial charge in [0.2, 0.25) is 10.0 Å². The Hall–Kier alpha value is -1.14. The van der Waals surface area contributed by atoms with Crippen molar-refractivity contribution >= 4 is 15.7 Å². The summed E-state index contributed by atoms with van der Waals surface area (Å²) in [5.41, 5.74) is 5.38. The van der Waals surface area contributed by atoms with Gasteiger partial charge in [-0.3, -0.25) is 0 Å². The number of nitrogens with zero attached hydrogens (tertiary/aromatic N) is 1. The van der Waals surface area contributed by atoms with Crippen LogP contribution in [0.15, 0.2) is 23.1 Å². The van der Waals surface area contributed by atoms with Gasteiger partial charge < -0.3 is 5.73 Å². The average Bonchev–Trinajstić information content (AvgIpc) is 2.25. The molecule has 0 bridgehead atoms. The maximum absolute atomic E-state index is 13.8. The molecule has 0 spiro atoms. The number of nitrogens with two attached hydrogens (primary N) is 1. The van der Waals surface area contributed by atoms with Gasteiger partial charge in [-0.1, -0.05) is 20.8 Å². The summed E-state index contributed by atoms with van der Waals surface area (Å²) in [7, 11) is -2.41. The Morgan fingerprint density at radius 3 is 2.26 bits per heavy atom. The van der Waals surface area contributed by atoms with Crippen LogP contribution in [-0.4, -0.2) is 25.8 Å². The predicted molar refractivity (Wildman–Crippen MR) is 74.7 cm³/mol. The van der Waals surface area contributed by atoms with Crippen molar-refractivity contribution in [3.05, 3.63) is 24.0 Å². The van der Waals surface area contributed by atoms with Gasteiger partial charge in [0.15, 0.2) is 0 Å². The van der Waals surface area contributed by atoms with Crippen molar-refractivity contribution in [3.63, 3.8) is 0 Å². The molecule has 1 aromatic rings. The zero-order valence-electron chi connectivity index (χ0n) is 11.9. The van der Waals surface area contributed by atoms with Crippen LogP contribution in [0.25, 0.3) is 0 Å². The lowest BCUT2D eigenvalue weighted by Gasteiger charge is -2.34. The Morgan fingerprint density at radius 1 is 1.32 bits per heavy atom. The number of anilines is 1. The number of sulfonamides is 1. The van der Waals surface area contributed by atoms with Crippen LogP contribution >= 0.6 is 0 Å². The van der Waals surface area contributed by atoms with Gasteiger partial charge in [0.05, 0.1) is 0 Å². The molecule has 0 fully saturated rings. The average molecular weight is 288 g/mol. The molecule has 19 heavy (non-hydrogen) atoms. The van der Waals surface area contributed by atoms with E-state index < -0.39 is 15.8 Å². The third-order valence-corrected chi connectivity index (χ3v) is 5.37. The summed E-state index contributed by atoms with van der Waals surface area (Å²) < 4.78 is 39.8. The molecule has 108 valence electrons. The standard InChI is InChI=1S/C13H21FN2O2S/c1-9(13(2,3)4)16(5)19(17,18)12-7-6-10(15)8-11(12)14/h6-9H,15H2,1-5H3. The van der Waals surface area contributed by atoms with Gasteiger partial charge in [-0.2, -0.15) is 4.31 Å². The normalized spacial score (nSPS) is 14.7. The van der Waals surface area contributed by atoms with Crippen LogP contribution in [0, 0.1) is 11.2 Å². The molecule has 0 radical (unpaired) electrons. The van der Waals surface area contributed by atoms with E-state index in [1.165, 1.54) is 23.5 Å². The van der Waals surface area contributed by atoms with Gasteiger partial charge in [-0.15, -0.1) is 0 Å². The van der Waals surface area contributed by atoms with E-state index in [0.29, 0.717) is 0 Å². The fourth-order valence-electron chi connectivity index (χ4n) is 1.63. The van der Waals surface area contributed by atoms with E-state index in [9.17, 15) is 12.8 Å². The van der Waals surface area contributed by atoms with Gasteiger partial charge in [-0.25, -0.2) is 12.8 Å². The van der Waals surface area contributed by atoms with E-state index in [2.05, 4.69) is 0 Å². The molecule has 0 aliphatic heterocycles. The fourth-order valence-corrected chi connectivity index (χ4v) is 3.22. The van der Waals surface area contributed by atoms with Crippen molar-refractivity contribution in [2.24, 2.45) is 5.41 Å². The first-order valence-electron chi connectivity index (χ1n) is 6.01. The second-order valence-corrected chi connectivity index (χ2v) is 7.72. The van der Waals surface area contributed by atoms with Gasteiger partial charge in [0.1, 0.15) is 10.7 Å². The van der Waals surface area contributed by atoms with Crippen LogP contribution in [0.2, 0.25) is 0 Å². The number of hydrogen-bond donors (Lipinski definition) is 1. The van der Waals surface area contributed by atoms with Gasteiger partial charge in [0, 0.05) is 18.8 Å². The summed E-state index contributed by atoms with van der Waals surface area (Å²) in [6.45, 7) is 7.60. The monoisotopic (exact) mass is 288 g/mol. The first-order chi connectivity index (χ1) is 8.48. The van der Waals surface area contributed by atoms with E-state index in [1.54, 1.807) is 6.92 Å². The van der Waals surface area contributed by atoms with E-state index >= 15 is 0 Å². The maximum Gasteiger partial charge on any atom is 0.245 e. The number of halogens is 1. The molecule has 1 atom stereocenters. The molecule has 0 amide bonds. The third-order valence-electron chi connectivity index (χ3n) is 3.41. The molecule has 1 unspecified atom stereocenters. The highest BCUT2D eigenvalue weighted by atomic mass is 32.2. The molecule has 0 aliphatic rings. The number of rotatable bonds is 3. The fraction of sp³-hybridized carbons (Fsp3) is 0.538. The molecule has 0 heterocycles. The molecule has 1 rings (SSSR count). The summed E-state index contributed by atoms with van der Waals surface area (Å²) in [6.07, 6.45) is 0. The lowest BCUT2D eigenvalue weighted by molar-refractivity contribution is 0.216. The minimum atomic E-state index is -3.87. The first-order valence-corrected chi connectivity index (χ1v) is 7.45. The zero-order valence-corrected chi connectivity index (χ0v) is 12.8. The van der Waals surface area contributed by atoms with Gasteiger partial charge >= 0.3 is 0 Å². The Morgan fingerprint density at radius 2 is 1.84 bits per heavy atom. The van der Waals surface area contributed by atoms with Crippen LogP contribution in [-0.2, 0) is 10.0 Å². The number of hydrogen-bond acceptors (Lipinski definition) is 3. The predicted octanol–water partition coefficient (Wildman–Crippen LogP) is 2.46. The van der Waals surface area contributed by atoms with Crippen molar-refractivity contribution in [2.45, 2.75) is 38.6 Å². The molecular weight excluding hydrogens is 267 g/mol. The summed E-state index contributed by atoms with van der Waals surface area (Å²) >= 11 is 0. The van der Waals surface area contributed by atoms with E-state index in [1.807, 2.05) is 20.8 Å². The number of benzene rings is 1. The van der Waals surface area contributed by atoms with Crippen molar-refractivity contribution in [1.82, 2.24) is 4.31 Å². The second kappa shape index (κ2) is 5.09. The Bertz CT molecular complexity index is 564. The molecule has 2 N–H and O–H groups in total. The summed E-state index contributed by atoms with van der Waals surface area (Å²) in [5.74, 6) is -0.826. The smallest absolute Gasteiger partial charge is 0.245 e. The molecule has 0 aromatic heterocycles. The molecule has 0 saturated carbocycles. The first kappa shape index (κ1) is 15.9. The minimum absolute atomic E-state index is 0.197. The largest absolute Gasteiger partial charge is 0.399 e. The highest BCUT2D eigenvalue weighted by Gasteiger charge is 2.33. The molecule has 1 aromatic carbocycles. The summed E-state index contributed by atoms with van der Waals surface area (Å²) in [5, 5.41) is 0. The summed E-state index contributed by atoms with van der Waals surface area (Å²) in [4.78, 5) is -0.347. The minimum Gasteiger partial charge on any atom is -0.399 e. The van der Waals surface area contributed by atoms with Gasteiger partial charge in [-0.05, 0) is 30.5 Å². The Kier molecular flexibility index (Phi) is 4.27. The highest BCUT2D eigenvalue weighted by Crippen LogP contribution is 2.28. The van der Waals surface area contributed by atoms with Crippen LogP contribution in [0.1, 0.15) is 27.7 Å². The Balaban J connectivity index is 3.24. The second-order valence-electron chi connectivity index (χ2n) is 5.75. The van der Waals surface area contributed by atoms with E-state index in [4.69, 9.17) is 5.73 Å². The lowest BCUT2D eigenvalue weighted by Crippen LogP contribution is -2.43. The topological polar surface area (TPSA) is 63.4 Å². The molecular formula is C13H21FN2O2S. The van der Waals surface area contributed by atoms with Crippen LogP contribution in [0.3, 0.4) is 0 Å². The van der Waals surface area contributed by atoms with Gasteiger partial charge in [0.25, 0.3) is 0 Å². The Labute approximate surface area is 114 Å². The lowest BCUT2D eigenvalue weighted by atomic mass is 9.88. The van der Waals surface area contributed by atoms with Crippen molar-refractivity contribution in [1.29, 1.82) is 0 Å². The zero-order chi connectivity index (χ0) is 15.0. The quantitative estimate of drug-likeness (QED) is 0.869. The van der Waals surface area contributed by atoms with Crippen LogP contribution in [0.5, 0.6) is 0 Å². The molecule has 4 nitrogen and oxygen atoms in total. The highest BCUT2D eigenvalue weighted by molar-refractivity contribution is 7.89. The number of nitrogen functional groups attached to an aromatic ring is 1. The summed E-state index contributed by atoms with van der Waals surface area (Å²) in [6, 6.07) is 3.33. The maximum atomic E-state index is 13.8. The molecule has 0 saturated heterocycles. The van der Waals surface area contributed by atoms with Crippen LogP contribution in [0.4, 0.5) is 10.1 Å².